The molecule has 0 unspecified atom stereocenters. The lowest BCUT2D eigenvalue weighted by atomic mass is 10.0. The van der Waals surface area contributed by atoms with Gasteiger partial charge in [0.15, 0.2) is 0 Å². The first-order valence-corrected chi connectivity index (χ1v) is 9.63. The van der Waals surface area contributed by atoms with E-state index in [1.165, 1.54) is 11.1 Å². The highest BCUT2D eigenvalue weighted by atomic mass is 16.5. The summed E-state index contributed by atoms with van der Waals surface area (Å²) in [6, 6.07) is 16.2. The highest BCUT2D eigenvalue weighted by Crippen LogP contribution is 2.19. The number of rotatable bonds is 7. The molecule has 0 saturated carbocycles. The molecule has 0 bridgehead atoms. The number of carbonyl (C=O) groups is 1. The number of hydrogen-bond acceptors (Lipinski definition) is 4. The average molecular weight is 367 g/mol. The van der Waals surface area contributed by atoms with Gasteiger partial charge < -0.3 is 15.4 Å². The van der Waals surface area contributed by atoms with Crippen molar-refractivity contribution in [2.24, 2.45) is 0 Å². The molecule has 1 aliphatic rings. The minimum atomic E-state index is -0.0444. The maximum absolute atomic E-state index is 12.4. The first-order valence-electron chi connectivity index (χ1n) is 9.63. The summed E-state index contributed by atoms with van der Waals surface area (Å²) < 4.78 is 5.42. The first-order chi connectivity index (χ1) is 13.1. The molecule has 5 nitrogen and oxygen atoms in total. The van der Waals surface area contributed by atoms with Gasteiger partial charge in [0.1, 0.15) is 0 Å². The van der Waals surface area contributed by atoms with Crippen LogP contribution in [0.1, 0.15) is 30.9 Å². The summed E-state index contributed by atoms with van der Waals surface area (Å²) in [5.74, 6) is 0.393. The third-order valence-corrected chi connectivity index (χ3v) is 4.79. The van der Waals surface area contributed by atoms with Crippen LogP contribution in [0.3, 0.4) is 0 Å². The Kier molecular flexibility index (Phi) is 6.85. The summed E-state index contributed by atoms with van der Waals surface area (Å²) in [6.07, 6.45) is 0. The van der Waals surface area contributed by atoms with E-state index in [0.717, 1.165) is 44.2 Å². The van der Waals surface area contributed by atoms with Crippen molar-refractivity contribution in [1.29, 1.82) is 0 Å². The van der Waals surface area contributed by atoms with Crippen LogP contribution in [0.25, 0.3) is 0 Å². The van der Waals surface area contributed by atoms with Crippen LogP contribution in [0.2, 0.25) is 0 Å². The van der Waals surface area contributed by atoms with Crippen LogP contribution in [0, 0.1) is 0 Å². The highest BCUT2D eigenvalue weighted by molar-refractivity contribution is 5.93. The van der Waals surface area contributed by atoms with E-state index in [-0.39, 0.29) is 12.5 Å². The van der Waals surface area contributed by atoms with Gasteiger partial charge in [0.05, 0.1) is 19.8 Å². The molecule has 0 atom stereocenters. The van der Waals surface area contributed by atoms with E-state index < -0.39 is 0 Å². The zero-order chi connectivity index (χ0) is 19.1. The normalized spacial score (nSPS) is 14.9. The number of morpholine rings is 1. The molecule has 27 heavy (non-hydrogen) atoms. The molecule has 2 N–H and O–H groups in total. The zero-order valence-electron chi connectivity index (χ0n) is 16.2. The Balaban J connectivity index is 1.56. The Bertz CT molecular complexity index is 755. The standard InChI is InChI=1S/C22H29N3O2/c1-17(2)18-7-5-8-20(14-18)24-22(26)15-23-21-9-4-3-6-19(21)16-25-10-12-27-13-11-25/h3-9,14,17,23H,10-13,15-16H2,1-2H3,(H,24,26). The number of para-hydroxylation sites is 1. The molecule has 0 spiro atoms. The number of ether oxygens (including phenoxy) is 1. The van der Waals surface area contributed by atoms with E-state index >= 15 is 0 Å². The van der Waals surface area contributed by atoms with E-state index in [4.69, 9.17) is 4.74 Å². The summed E-state index contributed by atoms with van der Waals surface area (Å²) in [7, 11) is 0. The number of hydrogen-bond donors (Lipinski definition) is 2. The predicted molar refractivity (Wildman–Crippen MR) is 110 cm³/mol. The second-order valence-electron chi connectivity index (χ2n) is 7.23. The van der Waals surface area contributed by atoms with E-state index in [2.05, 4.69) is 41.5 Å². The minimum Gasteiger partial charge on any atom is -0.379 e. The quantitative estimate of drug-likeness (QED) is 0.784. The van der Waals surface area contributed by atoms with Crippen molar-refractivity contribution in [3.8, 4) is 0 Å². The molecule has 2 aromatic carbocycles. The number of nitrogens with zero attached hydrogens (tertiary/aromatic N) is 1. The molecule has 144 valence electrons. The van der Waals surface area contributed by atoms with E-state index in [1.54, 1.807) is 0 Å². The van der Waals surface area contributed by atoms with Crippen LogP contribution >= 0.6 is 0 Å². The minimum absolute atomic E-state index is 0.0444. The lowest BCUT2D eigenvalue weighted by Crippen LogP contribution is -2.35. The molecule has 1 amide bonds. The predicted octanol–water partition coefficient (Wildman–Crippen LogP) is 3.69. The van der Waals surface area contributed by atoms with Gasteiger partial charge in [-0.15, -0.1) is 0 Å². The van der Waals surface area contributed by atoms with Gasteiger partial charge in [-0.3, -0.25) is 9.69 Å². The van der Waals surface area contributed by atoms with Crippen LogP contribution in [-0.2, 0) is 16.1 Å². The molecule has 0 radical (unpaired) electrons. The largest absolute Gasteiger partial charge is 0.379 e. The second-order valence-corrected chi connectivity index (χ2v) is 7.23. The Labute approximate surface area is 161 Å². The van der Waals surface area contributed by atoms with Gasteiger partial charge in [0.2, 0.25) is 5.91 Å². The fraction of sp³-hybridized carbons (Fsp3) is 0.409. The maximum atomic E-state index is 12.4. The van der Waals surface area contributed by atoms with Crippen LogP contribution in [-0.4, -0.2) is 43.7 Å². The SMILES string of the molecule is CC(C)c1cccc(NC(=O)CNc2ccccc2CN2CCOCC2)c1. The number of amides is 1. The second kappa shape index (κ2) is 9.53. The summed E-state index contributed by atoms with van der Waals surface area (Å²) >= 11 is 0. The fourth-order valence-corrected chi connectivity index (χ4v) is 3.19. The Morgan fingerprint density at radius 1 is 1.11 bits per heavy atom. The third-order valence-electron chi connectivity index (χ3n) is 4.79. The molecule has 5 heteroatoms. The average Bonchev–Trinajstić information content (AvgIpc) is 2.68. The summed E-state index contributed by atoms with van der Waals surface area (Å²) in [5.41, 5.74) is 4.27. The molecule has 1 fully saturated rings. The number of benzene rings is 2. The van der Waals surface area contributed by atoms with Crippen LogP contribution in [0.5, 0.6) is 0 Å². The van der Waals surface area contributed by atoms with Crippen molar-refractivity contribution < 1.29 is 9.53 Å². The zero-order valence-corrected chi connectivity index (χ0v) is 16.2. The van der Waals surface area contributed by atoms with E-state index in [0.29, 0.717) is 5.92 Å². The molecular formula is C22H29N3O2. The number of carbonyl (C=O) groups excluding carboxylic acids is 1. The Hall–Kier alpha value is -2.37. The molecule has 0 aliphatic carbocycles. The van der Waals surface area contributed by atoms with Crippen molar-refractivity contribution in [3.05, 3.63) is 59.7 Å². The third kappa shape index (κ3) is 5.81. The molecule has 1 aliphatic heterocycles. The summed E-state index contributed by atoms with van der Waals surface area (Å²) in [6.45, 7) is 8.86. The van der Waals surface area contributed by atoms with Crippen molar-refractivity contribution in [3.63, 3.8) is 0 Å². The maximum Gasteiger partial charge on any atom is 0.243 e. The van der Waals surface area contributed by atoms with Crippen LogP contribution < -0.4 is 10.6 Å². The van der Waals surface area contributed by atoms with Gasteiger partial charge in [0, 0.05) is 31.0 Å². The first kappa shape index (κ1) is 19.4. The van der Waals surface area contributed by atoms with Crippen molar-refractivity contribution >= 4 is 17.3 Å². The topological polar surface area (TPSA) is 53.6 Å². The van der Waals surface area contributed by atoms with Crippen molar-refractivity contribution in [2.45, 2.75) is 26.3 Å². The van der Waals surface area contributed by atoms with Gasteiger partial charge in [-0.25, -0.2) is 0 Å². The smallest absolute Gasteiger partial charge is 0.243 e. The summed E-state index contributed by atoms with van der Waals surface area (Å²) in [5, 5.41) is 6.27. The monoisotopic (exact) mass is 367 g/mol. The number of anilines is 2. The van der Waals surface area contributed by atoms with Gasteiger partial charge >= 0.3 is 0 Å². The Morgan fingerprint density at radius 2 is 1.89 bits per heavy atom. The Morgan fingerprint density at radius 3 is 2.67 bits per heavy atom. The van der Waals surface area contributed by atoms with Gasteiger partial charge in [-0.05, 0) is 35.2 Å². The van der Waals surface area contributed by atoms with Crippen molar-refractivity contribution in [2.75, 3.05) is 43.5 Å². The molecule has 2 aromatic rings. The molecule has 1 saturated heterocycles. The lowest BCUT2D eigenvalue weighted by Gasteiger charge is -2.27. The number of nitrogens with one attached hydrogen (secondary N) is 2. The molecule has 0 aromatic heterocycles. The fourth-order valence-electron chi connectivity index (χ4n) is 3.19. The van der Waals surface area contributed by atoms with Gasteiger partial charge in [0.25, 0.3) is 0 Å². The van der Waals surface area contributed by atoms with Crippen LogP contribution in [0.15, 0.2) is 48.5 Å². The molecule has 1 heterocycles. The van der Waals surface area contributed by atoms with E-state index in [9.17, 15) is 4.79 Å². The van der Waals surface area contributed by atoms with Crippen LogP contribution in [0.4, 0.5) is 11.4 Å². The van der Waals surface area contributed by atoms with Crippen molar-refractivity contribution in [1.82, 2.24) is 4.90 Å². The highest BCUT2D eigenvalue weighted by Gasteiger charge is 2.13. The molecule has 3 rings (SSSR count). The summed E-state index contributed by atoms with van der Waals surface area (Å²) in [4.78, 5) is 14.7. The van der Waals surface area contributed by atoms with Gasteiger partial charge in [-0.1, -0.05) is 44.2 Å². The van der Waals surface area contributed by atoms with Gasteiger partial charge in [-0.2, -0.15) is 0 Å². The molecular weight excluding hydrogens is 338 g/mol. The lowest BCUT2D eigenvalue weighted by molar-refractivity contribution is -0.114. The van der Waals surface area contributed by atoms with E-state index in [1.807, 2.05) is 36.4 Å².